The second kappa shape index (κ2) is 36.1. The van der Waals surface area contributed by atoms with E-state index >= 15 is 0 Å². The Kier molecular flexibility index (Phi) is 29.6. The number of aryl methyl sites for hydroxylation is 1. The van der Waals surface area contributed by atoms with Crippen LogP contribution in [0.2, 0.25) is 0 Å². The van der Waals surface area contributed by atoms with Crippen molar-refractivity contribution >= 4 is 57.8 Å². The van der Waals surface area contributed by atoms with Crippen LogP contribution in [0.15, 0.2) is 88.1 Å². The van der Waals surface area contributed by atoms with Crippen LogP contribution >= 0.6 is 0 Å². The number of hydrogen-bond acceptors (Lipinski definition) is 14. The van der Waals surface area contributed by atoms with Gasteiger partial charge in [-0.05, 0) is 93.7 Å². The number of quaternary nitrogens is 1. The number of anilines is 1. The number of likely N-dealkylation sites (N-methyl/N-ethyl adjacent to an activating group) is 1. The molecule has 6 rings (SSSR count). The van der Waals surface area contributed by atoms with Gasteiger partial charge in [0.2, 0.25) is 35.2 Å². The number of azide groups is 1. The topological polar surface area (TPSA) is 310 Å². The zero-order chi connectivity index (χ0) is 62.3. The molecule has 1 atom stereocenters. The summed E-state index contributed by atoms with van der Waals surface area (Å²) in [7, 11) is 6.04. The number of unbranched alkanes of at least 4 members (excludes halogenated alkanes) is 4. The van der Waals surface area contributed by atoms with Crippen LogP contribution in [0.5, 0.6) is 0 Å². The van der Waals surface area contributed by atoms with Gasteiger partial charge in [0.15, 0.2) is 23.3 Å². The van der Waals surface area contributed by atoms with Crippen molar-refractivity contribution in [3.05, 3.63) is 106 Å². The Hall–Kier alpha value is -7.87. The summed E-state index contributed by atoms with van der Waals surface area (Å²) in [5, 5.41) is 34.4. The van der Waals surface area contributed by atoms with Crippen LogP contribution in [0.25, 0.3) is 21.5 Å². The molecule has 1 aromatic heterocycles. The van der Waals surface area contributed by atoms with E-state index in [1.807, 2.05) is 115 Å². The minimum Gasteiger partial charge on any atom is -0.389 e. The highest BCUT2D eigenvalue weighted by molar-refractivity contribution is 6.05. The summed E-state index contributed by atoms with van der Waals surface area (Å²) in [5.41, 5.74) is 11.5. The average molecular weight is 1180 g/mol. The number of carbonyl (C=O) groups excluding carboxylic acids is 7. The first-order valence-corrected chi connectivity index (χ1v) is 29.3. The van der Waals surface area contributed by atoms with Crippen molar-refractivity contribution in [3.8, 4) is 12.3 Å². The van der Waals surface area contributed by atoms with Crippen molar-refractivity contribution in [2.45, 2.75) is 149 Å². The van der Waals surface area contributed by atoms with Gasteiger partial charge >= 0.3 is 0 Å². The number of aliphatic hydroxyl groups is 1. The van der Waals surface area contributed by atoms with E-state index < -0.39 is 35.8 Å². The van der Waals surface area contributed by atoms with Gasteiger partial charge < -0.3 is 50.2 Å². The molecular weight excluding hydrogens is 1090 g/mol. The van der Waals surface area contributed by atoms with E-state index in [-0.39, 0.29) is 68.2 Å². The third-order valence-corrected chi connectivity index (χ3v) is 14.2. The predicted octanol–water partition coefficient (Wildman–Crippen LogP) is 7.81. The molecule has 4 aromatic rings. The first-order valence-electron chi connectivity index (χ1n) is 29.3. The average Bonchev–Trinajstić information content (AvgIpc) is 3.34. The Morgan fingerprint density at radius 1 is 0.800 bits per heavy atom. The number of nitrogens with zero attached hydrogens (tertiary/aromatic N) is 8. The number of Topliss-reactive ketones (excluding diaryl/α,β-unsaturated/α-hetero) is 2. The normalized spacial score (nSPS) is 15.9. The van der Waals surface area contributed by atoms with Crippen LogP contribution < -0.4 is 26.6 Å². The number of carbonyl (C=O) groups is 7. The Bertz CT molecular complexity index is 2930. The molecule has 0 bridgehead atoms. The largest absolute Gasteiger partial charge is 0.389 e. The molecule has 3 heterocycles. The fraction of sp³-hybridized carbons (Fsp3) is 0.548. The zero-order valence-electron chi connectivity index (χ0n) is 50.6. The lowest BCUT2D eigenvalue weighted by Crippen LogP contribution is -2.59. The van der Waals surface area contributed by atoms with Gasteiger partial charge in [0.05, 0.1) is 58.5 Å². The number of nitrogens with one attached hydrogen (secondary N) is 5. The molecule has 5 amide bonds. The fourth-order valence-electron chi connectivity index (χ4n) is 9.28. The Balaban J connectivity index is 0.000000468. The number of fused-ring (bicyclic) bond motifs is 1. The van der Waals surface area contributed by atoms with Crippen molar-refractivity contribution in [2.24, 2.45) is 20.8 Å². The fourth-order valence-corrected chi connectivity index (χ4v) is 9.28. The molecular formula is C62H88N13O10+. The number of ether oxygens (including phenoxy) is 2. The van der Waals surface area contributed by atoms with E-state index in [1.54, 1.807) is 4.57 Å². The lowest BCUT2D eigenvalue weighted by molar-refractivity contribution is -0.886. The number of amides is 5. The van der Waals surface area contributed by atoms with Gasteiger partial charge in [0, 0.05) is 74.0 Å². The van der Waals surface area contributed by atoms with E-state index in [1.165, 1.54) is 6.92 Å². The van der Waals surface area contributed by atoms with Gasteiger partial charge in [-0.3, -0.25) is 33.6 Å². The summed E-state index contributed by atoms with van der Waals surface area (Å²) in [6.45, 7) is 8.70. The van der Waals surface area contributed by atoms with Crippen LogP contribution in [-0.4, -0.2) is 133 Å². The van der Waals surface area contributed by atoms with Crippen molar-refractivity contribution in [3.63, 3.8) is 0 Å². The van der Waals surface area contributed by atoms with Gasteiger partial charge in [0.1, 0.15) is 25.0 Å². The number of benzene rings is 3. The van der Waals surface area contributed by atoms with E-state index in [2.05, 4.69) is 57.7 Å². The number of para-hydroxylation sites is 2. The van der Waals surface area contributed by atoms with Crippen molar-refractivity contribution in [1.82, 2.24) is 30.8 Å². The monoisotopic (exact) mass is 1170 g/mol. The number of rotatable bonds is 33. The number of aliphatic hydroxyl groups excluding tert-OH is 1. The van der Waals surface area contributed by atoms with Crippen molar-refractivity contribution < 1.29 is 52.6 Å². The molecule has 1 fully saturated rings. The quantitative estimate of drug-likeness (QED) is 0.00508. The lowest BCUT2D eigenvalue weighted by atomic mass is 9.86. The van der Waals surface area contributed by atoms with Gasteiger partial charge in [-0.2, -0.15) is 10.2 Å². The third-order valence-electron chi connectivity index (χ3n) is 14.2. The maximum atomic E-state index is 13.6. The number of ketones is 2. The highest BCUT2D eigenvalue weighted by Crippen LogP contribution is 2.40. The molecule has 3 aromatic carbocycles. The number of imidazole rings is 1. The number of terminal acetylenes is 1. The van der Waals surface area contributed by atoms with Crippen LogP contribution in [-0.2, 0) is 68.2 Å². The highest BCUT2D eigenvalue weighted by Gasteiger charge is 2.50. The molecule has 1 saturated heterocycles. The maximum Gasteiger partial charge on any atom is 0.241 e. The van der Waals surface area contributed by atoms with E-state index in [0.717, 1.165) is 84.9 Å². The standard InChI is InChI=1S/C44H60N6O8.C13H16N6O.C5H11NO/c1-6-27-45-41(55)44(30-57-40(58-31-44)33-21-23-34(24-22-33)43(2)48-49-43)42(56)46-28-12-11-16-37(50(3,4)5)38(53)17-13-14-32-19-25-35(26-20-32)47-39(54)18-10-8-7-9-15-36(52)29-51;1-2-7-15-13(20)9-19-11-6-4-3-5-10(11)17-12(19)8-16-18-14;1-3-4-6-5(2)7/h1,19-26,37,40,51H,7-18,27-31H2,2-5H3,(H2-,45,46,47,54,55,56);3-6H,2,7-9H2,1H3,(H,15,20);3-4H2,1-2H3,(H,6,7)/p+1/t37-,40?,44?;;/m0../s1. The molecule has 23 heteroatoms. The summed E-state index contributed by atoms with van der Waals surface area (Å²) >= 11 is 0. The first-order chi connectivity index (χ1) is 40.7. The first kappa shape index (κ1) is 69.6. The second-order valence-corrected chi connectivity index (χ2v) is 22.2. The van der Waals surface area contributed by atoms with Crippen LogP contribution in [0.4, 0.5) is 5.69 Å². The zero-order valence-corrected chi connectivity index (χ0v) is 50.6. The molecule has 2 aliphatic heterocycles. The molecule has 0 aliphatic carbocycles. The van der Waals surface area contributed by atoms with Crippen LogP contribution in [0, 0.1) is 17.8 Å². The molecule has 85 heavy (non-hydrogen) atoms. The summed E-state index contributed by atoms with van der Waals surface area (Å²) in [6, 6.07) is 22.6. The molecule has 0 saturated carbocycles. The second-order valence-electron chi connectivity index (χ2n) is 22.2. The summed E-state index contributed by atoms with van der Waals surface area (Å²) in [5.74, 6) is 1.87. The minimum absolute atomic E-state index is 0.0395. The molecule has 0 unspecified atom stereocenters. The summed E-state index contributed by atoms with van der Waals surface area (Å²) < 4.78 is 14.2. The van der Waals surface area contributed by atoms with Gasteiger partial charge in [-0.1, -0.05) is 86.3 Å². The Labute approximate surface area is 499 Å². The van der Waals surface area contributed by atoms with Crippen molar-refractivity contribution in [1.29, 1.82) is 0 Å². The molecule has 2 aliphatic rings. The summed E-state index contributed by atoms with van der Waals surface area (Å²) in [4.78, 5) is 93.0. The lowest BCUT2D eigenvalue weighted by Gasteiger charge is -2.37. The van der Waals surface area contributed by atoms with Crippen molar-refractivity contribution in [2.75, 3.05) is 72.5 Å². The molecule has 23 nitrogen and oxygen atoms in total. The number of aromatic nitrogens is 2. The Morgan fingerprint density at radius 3 is 2.05 bits per heavy atom. The Morgan fingerprint density at radius 2 is 1.45 bits per heavy atom. The highest BCUT2D eigenvalue weighted by atomic mass is 16.7. The molecule has 460 valence electrons. The van der Waals surface area contributed by atoms with E-state index in [4.69, 9.17) is 26.5 Å². The van der Waals surface area contributed by atoms with Gasteiger partial charge in [0.25, 0.3) is 0 Å². The summed E-state index contributed by atoms with van der Waals surface area (Å²) in [6.07, 6.45) is 14.3. The van der Waals surface area contributed by atoms with E-state index in [0.29, 0.717) is 68.3 Å². The van der Waals surface area contributed by atoms with Gasteiger partial charge in [-0.15, -0.1) is 6.42 Å². The minimum atomic E-state index is -1.62. The molecule has 0 spiro atoms. The van der Waals surface area contributed by atoms with Crippen LogP contribution in [0.3, 0.4) is 0 Å². The SMILES string of the molecule is C#CCNC(=O)C1(C(=O)NCCCC[C@@H](C(=O)CCCc2ccc(NC(=O)CCCCCCC(=O)CO)cc2)[N+](C)(C)C)COC(c2ccc(C3(C)N=N3)cc2)OC1.CCCNC(=O)Cn1c(CN=[N+]=[N-])nc2ccccc21.CCCNC(C)=O. The number of hydrogen-bond donors (Lipinski definition) is 6. The van der Waals surface area contributed by atoms with Gasteiger partial charge in [-0.25, -0.2) is 4.98 Å². The van der Waals surface area contributed by atoms with E-state index in [9.17, 15) is 33.6 Å². The molecule has 0 radical (unpaired) electrons. The predicted molar refractivity (Wildman–Crippen MR) is 324 cm³/mol. The smallest absolute Gasteiger partial charge is 0.241 e. The van der Waals surface area contributed by atoms with Crippen LogP contribution in [0.1, 0.15) is 140 Å². The molecule has 6 N–H and O–H groups in total. The third kappa shape index (κ3) is 23.6. The maximum absolute atomic E-state index is 13.6.